The number of ether oxygens (including phenoxy) is 1. The van der Waals surface area contributed by atoms with Crippen LogP contribution in [0.4, 0.5) is 5.69 Å². The van der Waals surface area contributed by atoms with Gasteiger partial charge >= 0.3 is 0 Å². The van der Waals surface area contributed by atoms with Gasteiger partial charge in [0.15, 0.2) is 6.10 Å². The van der Waals surface area contributed by atoms with E-state index in [4.69, 9.17) is 9.15 Å². The molecule has 0 bridgehead atoms. The highest BCUT2D eigenvalue weighted by atomic mass is 16.6. The van der Waals surface area contributed by atoms with Crippen LogP contribution in [0.3, 0.4) is 0 Å². The van der Waals surface area contributed by atoms with Crippen molar-refractivity contribution < 1.29 is 18.9 Å². The fourth-order valence-electron chi connectivity index (χ4n) is 2.66. The van der Waals surface area contributed by atoms with Crippen LogP contribution in [0.5, 0.6) is 5.75 Å². The summed E-state index contributed by atoms with van der Waals surface area (Å²) in [5, 5.41) is 15.0. The predicted molar refractivity (Wildman–Crippen MR) is 108 cm³/mol. The first-order chi connectivity index (χ1) is 14.0. The summed E-state index contributed by atoms with van der Waals surface area (Å²) in [6.07, 6.45) is 0.623. The van der Waals surface area contributed by atoms with Gasteiger partial charge in [0.25, 0.3) is 11.6 Å². The molecule has 0 unspecified atom stereocenters. The van der Waals surface area contributed by atoms with Gasteiger partial charge in [0.1, 0.15) is 17.3 Å². The van der Waals surface area contributed by atoms with Crippen molar-refractivity contribution in [1.29, 1.82) is 0 Å². The van der Waals surface area contributed by atoms with Crippen molar-refractivity contribution in [3.05, 3.63) is 82.1 Å². The monoisotopic (exact) mass is 393 g/mol. The summed E-state index contributed by atoms with van der Waals surface area (Å²) < 4.78 is 11.2. The maximum atomic E-state index is 12.1. The molecule has 0 saturated carbocycles. The van der Waals surface area contributed by atoms with Crippen LogP contribution in [0.1, 0.15) is 18.2 Å². The van der Waals surface area contributed by atoms with Crippen LogP contribution in [0.15, 0.2) is 70.2 Å². The average Bonchev–Trinajstić information content (AvgIpc) is 3.17. The number of nitrogens with one attached hydrogen (secondary N) is 1. The molecule has 2 aromatic carbocycles. The van der Waals surface area contributed by atoms with Gasteiger partial charge in [0.05, 0.1) is 11.1 Å². The van der Waals surface area contributed by atoms with E-state index in [0.29, 0.717) is 28.4 Å². The molecule has 0 saturated heterocycles. The smallest absolute Gasteiger partial charge is 0.280 e. The Balaban J connectivity index is 1.63. The number of hydrazone groups is 1. The maximum Gasteiger partial charge on any atom is 0.280 e. The number of nitrogens with zero attached hydrogens (tertiary/aromatic N) is 2. The van der Waals surface area contributed by atoms with Gasteiger partial charge in [0.2, 0.25) is 0 Å². The summed E-state index contributed by atoms with van der Waals surface area (Å²) in [6.45, 7) is 3.28. The highest BCUT2D eigenvalue weighted by molar-refractivity contribution is 5.83. The van der Waals surface area contributed by atoms with Gasteiger partial charge in [-0.15, -0.1) is 0 Å². The van der Waals surface area contributed by atoms with Crippen LogP contribution in [0.2, 0.25) is 0 Å². The summed E-state index contributed by atoms with van der Waals surface area (Å²) in [5.74, 6) is 1.04. The number of furan rings is 1. The van der Waals surface area contributed by atoms with Crippen molar-refractivity contribution in [3.63, 3.8) is 0 Å². The van der Waals surface area contributed by atoms with E-state index in [-0.39, 0.29) is 5.69 Å². The second-order valence-corrected chi connectivity index (χ2v) is 6.22. The lowest BCUT2D eigenvalue weighted by Gasteiger charge is -2.12. The van der Waals surface area contributed by atoms with Crippen LogP contribution in [-0.2, 0) is 4.79 Å². The van der Waals surface area contributed by atoms with Crippen LogP contribution >= 0.6 is 0 Å². The van der Waals surface area contributed by atoms with E-state index in [1.54, 1.807) is 50.2 Å². The number of carbonyl (C=O) groups is 1. The lowest BCUT2D eigenvalue weighted by Crippen LogP contribution is -2.33. The van der Waals surface area contributed by atoms with Crippen molar-refractivity contribution in [2.75, 3.05) is 0 Å². The van der Waals surface area contributed by atoms with Gasteiger partial charge in [-0.2, -0.15) is 5.10 Å². The Labute approximate surface area is 167 Å². The standard InChI is InChI=1S/C21H19N3O5/c1-14-18(9-6-10-19(14)24(26)27)20-12-11-17(29-20)13-22-23-21(25)15(2)28-16-7-4-3-5-8-16/h3-13,15H,1-2H3,(H,23,25)/b22-13-/t15-/m1/s1. The molecule has 29 heavy (non-hydrogen) atoms. The van der Waals surface area contributed by atoms with Gasteiger partial charge in [-0.25, -0.2) is 5.43 Å². The second-order valence-electron chi connectivity index (χ2n) is 6.22. The minimum absolute atomic E-state index is 0.0220. The van der Waals surface area contributed by atoms with Crippen molar-refractivity contribution in [1.82, 2.24) is 5.43 Å². The normalized spacial score (nSPS) is 11.9. The van der Waals surface area contributed by atoms with E-state index >= 15 is 0 Å². The highest BCUT2D eigenvalue weighted by Gasteiger charge is 2.16. The second kappa shape index (κ2) is 8.83. The molecule has 0 spiro atoms. The number of para-hydroxylation sites is 1. The molecule has 1 amide bonds. The summed E-state index contributed by atoms with van der Waals surface area (Å²) in [4.78, 5) is 22.7. The molecule has 148 valence electrons. The average molecular weight is 393 g/mol. The zero-order valence-corrected chi connectivity index (χ0v) is 15.9. The van der Waals surface area contributed by atoms with Gasteiger partial charge in [0, 0.05) is 17.2 Å². The first-order valence-electron chi connectivity index (χ1n) is 8.84. The van der Waals surface area contributed by atoms with E-state index in [2.05, 4.69) is 10.5 Å². The van der Waals surface area contributed by atoms with Crippen LogP contribution < -0.4 is 10.2 Å². The molecular formula is C21H19N3O5. The summed E-state index contributed by atoms with van der Waals surface area (Å²) in [6, 6.07) is 17.1. The molecular weight excluding hydrogens is 374 g/mol. The third kappa shape index (κ3) is 4.86. The maximum absolute atomic E-state index is 12.1. The van der Waals surface area contributed by atoms with Gasteiger partial charge in [-0.3, -0.25) is 14.9 Å². The number of benzene rings is 2. The summed E-state index contributed by atoms with van der Waals surface area (Å²) in [5.41, 5.74) is 3.54. The number of carbonyl (C=O) groups excluding carboxylic acids is 1. The van der Waals surface area contributed by atoms with Crippen molar-refractivity contribution in [2.24, 2.45) is 5.10 Å². The molecule has 0 fully saturated rings. The summed E-state index contributed by atoms with van der Waals surface area (Å²) in [7, 11) is 0. The molecule has 3 rings (SSSR count). The molecule has 3 aromatic rings. The molecule has 8 heteroatoms. The number of rotatable bonds is 7. The predicted octanol–water partition coefficient (Wildman–Crippen LogP) is 4.08. The Bertz CT molecular complexity index is 1040. The third-order valence-corrected chi connectivity index (χ3v) is 4.19. The van der Waals surface area contributed by atoms with Crippen molar-refractivity contribution in [3.8, 4) is 17.1 Å². The zero-order valence-electron chi connectivity index (χ0n) is 15.9. The Morgan fingerprint density at radius 3 is 2.66 bits per heavy atom. The van der Waals surface area contributed by atoms with Crippen LogP contribution in [-0.4, -0.2) is 23.1 Å². The molecule has 0 aliphatic heterocycles. The van der Waals surface area contributed by atoms with Gasteiger partial charge in [-0.05, 0) is 38.1 Å². The largest absolute Gasteiger partial charge is 0.481 e. The van der Waals surface area contributed by atoms with Gasteiger partial charge in [-0.1, -0.05) is 30.3 Å². The lowest BCUT2D eigenvalue weighted by molar-refractivity contribution is -0.385. The molecule has 1 heterocycles. The minimum Gasteiger partial charge on any atom is -0.481 e. The first-order valence-corrected chi connectivity index (χ1v) is 8.84. The molecule has 1 atom stereocenters. The van der Waals surface area contributed by atoms with E-state index < -0.39 is 16.9 Å². The van der Waals surface area contributed by atoms with Crippen LogP contribution in [0, 0.1) is 17.0 Å². The van der Waals surface area contributed by atoms with E-state index in [9.17, 15) is 14.9 Å². The molecule has 0 radical (unpaired) electrons. The third-order valence-electron chi connectivity index (χ3n) is 4.19. The van der Waals surface area contributed by atoms with E-state index in [1.165, 1.54) is 12.3 Å². The fraction of sp³-hybridized carbons (Fsp3) is 0.143. The Morgan fingerprint density at radius 2 is 1.93 bits per heavy atom. The Kier molecular flexibility index (Phi) is 6.03. The number of hydrogen-bond donors (Lipinski definition) is 1. The minimum atomic E-state index is -0.728. The Morgan fingerprint density at radius 1 is 1.17 bits per heavy atom. The van der Waals surface area contributed by atoms with Crippen molar-refractivity contribution in [2.45, 2.75) is 20.0 Å². The fourth-order valence-corrected chi connectivity index (χ4v) is 2.66. The van der Waals surface area contributed by atoms with Crippen molar-refractivity contribution >= 4 is 17.8 Å². The molecule has 8 nitrogen and oxygen atoms in total. The quantitative estimate of drug-likeness (QED) is 0.370. The molecule has 0 aliphatic carbocycles. The number of nitro benzene ring substituents is 1. The molecule has 1 N–H and O–H groups in total. The molecule has 1 aromatic heterocycles. The van der Waals surface area contributed by atoms with E-state index in [1.807, 2.05) is 18.2 Å². The number of hydrogen-bond acceptors (Lipinski definition) is 6. The topological polar surface area (TPSA) is 107 Å². The van der Waals surface area contributed by atoms with Gasteiger partial charge < -0.3 is 9.15 Å². The lowest BCUT2D eigenvalue weighted by atomic mass is 10.1. The molecule has 0 aliphatic rings. The number of nitro groups is 1. The van der Waals surface area contributed by atoms with Crippen LogP contribution in [0.25, 0.3) is 11.3 Å². The van der Waals surface area contributed by atoms with E-state index in [0.717, 1.165) is 0 Å². The Hall–Kier alpha value is -3.94. The zero-order chi connectivity index (χ0) is 20.8. The first kappa shape index (κ1) is 19.8. The summed E-state index contributed by atoms with van der Waals surface area (Å²) >= 11 is 0. The SMILES string of the molecule is Cc1c(-c2ccc(/C=N\NC(=O)[C@@H](C)Oc3ccccc3)o2)cccc1[N+](=O)[O-]. The number of amides is 1. The highest BCUT2D eigenvalue weighted by Crippen LogP contribution is 2.30.